The van der Waals surface area contributed by atoms with Gasteiger partial charge in [0.2, 0.25) is 5.56 Å². The first-order valence-electron chi connectivity index (χ1n) is 5.15. The van der Waals surface area contributed by atoms with E-state index in [9.17, 15) is 9.59 Å². The maximum Gasteiger partial charge on any atom is 0.271 e. The Morgan fingerprint density at radius 2 is 2.22 bits per heavy atom. The number of rotatable bonds is 3. The molecule has 0 aliphatic rings. The van der Waals surface area contributed by atoms with Gasteiger partial charge in [0.1, 0.15) is 0 Å². The van der Waals surface area contributed by atoms with Crippen LogP contribution < -0.4 is 16.6 Å². The zero-order chi connectivity index (χ0) is 13.1. The molecule has 0 aromatic carbocycles. The molecule has 0 saturated heterocycles. The number of aromatic amines is 1. The third-order valence-electron chi connectivity index (χ3n) is 2.17. The largest absolute Gasteiger partial charge is 0.364 e. The summed E-state index contributed by atoms with van der Waals surface area (Å²) in [6, 6.07) is 2.92. The number of pyridine rings is 1. The molecule has 2 heterocycles. The molecule has 0 fully saturated rings. The van der Waals surface area contributed by atoms with Gasteiger partial charge in [0.05, 0.1) is 11.4 Å². The van der Waals surface area contributed by atoms with E-state index in [0.29, 0.717) is 11.4 Å². The van der Waals surface area contributed by atoms with Gasteiger partial charge in [-0.25, -0.2) is 9.97 Å². The second kappa shape index (κ2) is 4.66. The third kappa shape index (κ3) is 2.51. The Morgan fingerprint density at radius 3 is 2.83 bits per heavy atom. The Balaban J connectivity index is 2.38. The van der Waals surface area contributed by atoms with Crippen molar-refractivity contribution in [3.05, 3.63) is 46.3 Å². The van der Waals surface area contributed by atoms with Crippen LogP contribution in [0.25, 0.3) is 0 Å². The minimum Gasteiger partial charge on any atom is -0.364 e. The van der Waals surface area contributed by atoms with Crippen LogP contribution in [0.15, 0.2) is 29.3 Å². The first-order chi connectivity index (χ1) is 8.56. The van der Waals surface area contributed by atoms with Gasteiger partial charge in [0, 0.05) is 18.5 Å². The number of carbonyl (C=O) groups excluding carboxylic acids is 1. The summed E-state index contributed by atoms with van der Waals surface area (Å²) in [5.41, 5.74) is 6.26. The average molecular weight is 245 g/mol. The molecular weight excluding hydrogens is 234 g/mol. The average Bonchev–Trinajstić information content (AvgIpc) is 2.32. The molecular formula is C11H11N5O2. The van der Waals surface area contributed by atoms with Crippen molar-refractivity contribution in [1.29, 1.82) is 0 Å². The van der Waals surface area contributed by atoms with E-state index < -0.39 is 5.91 Å². The number of nitrogens with zero attached hydrogens (tertiary/aromatic N) is 2. The lowest BCUT2D eigenvalue weighted by Gasteiger charge is -2.08. The predicted octanol–water partition coefficient (Wildman–Crippen LogP) is 0.316. The number of hydrogen-bond donors (Lipinski definition) is 3. The van der Waals surface area contributed by atoms with E-state index >= 15 is 0 Å². The zero-order valence-corrected chi connectivity index (χ0v) is 9.60. The molecule has 0 bridgehead atoms. The summed E-state index contributed by atoms with van der Waals surface area (Å²) in [6.45, 7) is 1.75. The summed E-state index contributed by atoms with van der Waals surface area (Å²) < 4.78 is 0. The topological polar surface area (TPSA) is 114 Å². The minimum absolute atomic E-state index is 0.0480. The first kappa shape index (κ1) is 11.8. The van der Waals surface area contributed by atoms with Gasteiger partial charge >= 0.3 is 0 Å². The Labute approximate surface area is 102 Å². The van der Waals surface area contributed by atoms with Crippen molar-refractivity contribution in [2.24, 2.45) is 5.73 Å². The molecule has 4 N–H and O–H groups in total. The van der Waals surface area contributed by atoms with Crippen molar-refractivity contribution in [3.8, 4) is 0 Å². The number of aromatic nitrogens is 3. The van der Waals surface area contributed by atoms with Crippen LogP contribution in [0.4, 0.5) is 11.5 Å². The molecule has 18 heavy (non-hydrogen) atoms. The van der Waals surface area contributed by atoms with Crippen molar-refractivity contribution in [2.45, 2.75) is 6.92 Å². The normalized spacial score (nSPS) is 10.1. The number of primary amides is 1. The molecule has 0 radical (unpaired) electrons. The van der Waals surface area contributed by atoms with Crippen molar-refractivity contribution < 1.29 is 4.79 Å². The standard InChI is InChI=1S/C11H11N5O2/c1-6-4-14-9(10(12)18)11(15-6)16-7-2-3-8(17)13-5-7/h2-5H,1H3,(H2,12,18)(H,13,17)(H,15,16). The van der Waals surface area contributed by atoms with Gasteiger partial charge in [0.25, 0.3) is 5.91 Å². The molecule has 2 aromatic heterocycles. The Kier molecular flexibility index (Phi) is 3.05. The molecule has 7 nitrogen and oxygen atoms in total. The highest BCUT2D eigenvalue weighted by molar-refractivity contribution is 5.96. The Morgan fingerprint density at radius 1 is 1.44 bits per heavy atom. The van der Waals surface area contributed by atoms with Crippen LogP contribution in [-0.2, 0) is 0 Å². The quantitative estimate of drug-likeness (QED) is 0.720. The van der Waals surface area contributed by atoms with E-state index in [1.807, 2.05) is 0 Å². The SMILES string of the molecule is Cc1cnc(C(N)=O)c(Nc2ccc(=O)[nH]c2)n1. The molecule has 0 atom stereocenters. The maximum absolute atomic E-state index is 11.2. The fraction of sp³-hybridized carbons (Fsp3) is 0.0909. The van der Waals surface area contributed by atoms with Gasteiger partial charge in [-0.15, -0.1) is 0 Å². The van der Waals surface area contributed by atoms with E-state index in [1.165, 1.54) is 18.5 Å². The highest BCUT2D eigenvalue weighted by Gasteiger charge is 2.11. The molecule has 0 saturated carbocycles. The van der Waals surface area contributed by atoms with Crippen LogP contribution in [0, 0.1) is 6.92 Å². The van der Waals surface area contributed by atoms with Crippen LogP contribution in [0.1, 0.15) is 16.2 Å². The smallest absolute Gasteiger partial charge is 0.271 e. The summed E-state index contributed by atoms with van der Waals surface area (Å²) in [5.74, 6) is -0.413. The van der Waals surface area contributed by atoms with Crippen LogP contribution >= 0.6 is 0 Å². The Hall–Kier alpha value is -2.70. The molecule has 0 spiro atoms. The number of nitrogens with one attached hydrogen (secondary N) is 2. The van der Waals surface area contributed by atoms with Crippen LogP contribution in [-0.4, -0.2) is 20.9 Å². The summed E-state index contributed by atoms with van der Waals surface area (Å²) in [7, 11) is 0. The molecule has 0 aliphatic carbocycles. The summed E-state index contributed by atoms with van der Waals surface area (Å²) in [5, 5.41) is 2.88. The molecule has 92 valence electrons. The molecule has 7 heteroatoms. The van der Waals surface area contributed by atoms with E-state index in [2.05, 4.69) is 20.3 Å². The summed E-state index contributed by atoms with van der Waals surface area (Å²) in [4.78, 5) is 32.7. The second-order valence-electron chi connectivity index (χ2n) is 3.64. The van der Waals surface area contributed by atoms with Crippen LogP contribution in [0.3, 0.4) is 0 Å². The maximum atomic E-state index is 11.2. The molecule has 2 rings (SSSR count). The highest BCUT2D eigenvalue weighted by Crippen LogP contribution is 2.15. The predicted molar refractivity (Wildman–Crippen MR) is 65.6 cm³/mol. The van der Waals surface area contributed by atoms with Crippen molar-refractivity contribution in [3.63, 3.8) is 0 Å². The molecule has 1 amide bonds. The van der Waals surface area contributed by atoms with Crippen molar-refractivity contribution >= 4 is 17.4 Å². The molecule has 0 unspecified atom stereocenters. The lowest BCUT2D eigenvalue weighted by molar-refractivity contribution is 0.0996. The lowest BCUT2D eigenvalue weighted by Crippen LogP contribution is -2.17. The van der Waals surface area contributed by atoms with Crippen molar-refractivity contribution in [1.82, 2.24) is 15.0 Å². The van der Waals surface area contributed by atoms with Crippen LogP contribution in [0.5, 0.6) is 0 Å². The lowest BCUT2D eigenvalue weighted by atomic mass is 10.3. The van der Waals surface area contributed by atoms with Gasteiger partial charge in [-0.3, -0.25) is 9.59 Å². The second-order valence-corrected chi connectivity index (χ2v) is 3.64. The number of aryl methyl sites for hydroxylation is 1. The fourth-order valence-corrected chi connectivity index (χ4v) is 1.37. The van der Waals surface area contributed by atoms with Gasteiger partial charge < -0.3 is 16.0 Å². The van der Waals surface area contributed by atoms with Gasteiger partial charge in [-0.1, -0.05) is 0 Å². The van der Waals surface area contributed by atoms with Gasteiger partial charge in [0.15, 0.2) is 11.5 Å². The monoisotopic (exact) mass is 245 g/mol. The third-order valence-corrected chi connectivity index (χ3v) is 2.17. The van der Waals surface area contributed by atoms with Crippen LogP contribution in [0.2, 0.25) is 0 Å². The number of H-pyrrole nitrogens is 1. The number of carbonyl (C=O) groups is 1. The first-order valence-corrected chi connectivity index (χ1v) is 5.15. The van der Waals surface area contributed by atoms with Gasteiger partial charge in [-0.2, -0.15) is 0 Å². The zero-order valence-electron chi connectivity index (χ0n) is 9.60. The summed E-state index contributed by atoms with van der Waals surface area (Å²) >= 11 is 0. The Bertz CT molecular complexity index is 630. The molecule has 2 aromatic rings. The summed E-state index contributed by atoms with van der Waals surface area (Å²) in [6.07, 6.45) is 2.93. The van der Waals surface area contributed by atoms with E-state index in [1.54, 1.807) is 13.0 Å². The number of hydrogen-bond acceptors (Lipinski definition) is 5. The van der Waals surface area contributed by atoms with E-state index in [-0.39, 0.29) is 17.1 Å². The highest BCUT2D eigenvalue weighted by atomic mass is 16.1. The minimum atomic E-state index is -0.672. The molecule has 0 aliphatic heterocycles. The van der Waals surface area contributed by atoms with Crippen molar-refractivity contribution in [2.75, 3.05) is 5.32 Å². The number of anilines is 2. The van der Waals surface area contributed by atoms with E-state index in [0.717, 1.165) is 0 Å². The fourth-order valence-electron chi connectivity index (χ4n) is 1.37. The number of nitrogens with two attached hydrogens (primary N) is 1. The van der Waals surface area contributed by atoms with E-state index in [4.69, 9.17) is 5.73 Å². The number of amides is 1. The van der Waals surface area contributed by atoms with Gasteiger partial charge in [-0.05, 0) is 13.0 Å².